The van der Waals surface area contributed by atoms with E-state index in [9.17, 15) is 14.4 Å². The van der Waals surface area contributed by atoms with Gasteiger partial charge in [-0.05, 0) is 20.3 Å². The minimum Gasteiger partial charge on any atom is -0.375 e. The van der Waals surface area contributed by atoms with E-state index >= 15 is 0 Å². The summed E-state index contributed by atoms with van der Waals surface area (Å²) in [6, 6.07) is -0.955. The maximum atomic E-state index is 12.2. The van der Waals surface area contributed by atoms with Crippen LogP contribution in [0.5, 0.6) is 0 Å². The van der Waals surface area contributed by atoms with Gasteiger partial charge >= 0.3 is 0 Å². The molecule has 2 aliphatic heterocycles. The lowest BCUT2D eigenvalue weighted by molar-refractivity contribution is -0.151. The average molecular weight is 269 g/mol. The molecule has 0 unspecified atom stereocenters. The Bertz CT molecular complexity index is 421. The summed E-state index contributed by atoms with van der Waals surface area (Å²) in [7, 11) is 1.43. The van der Waals surface area contributed by atoms with E-state index < -0.39 is 11.6 Å². The second kappa shape index (κ2) is 4.80. The maximum absolute atomic E-state index is 12.2. The van der Waals surface area contributed by atoms with Gasteiger partial charge in [-0.25, -0.2) is 0 Å². The predicted molar refractivity (Wildman–Crippen MR) is 66.1 cm³/mol. The van der Waals surface area contributed by atoms with Crippen LogP contribution in [-0.2, 0) is 19.1 Å². The summed E-state index contributed by atoms with van der Waals surface area (Å²) in [6.45, 7) is 3.79. The molecule has 0 aliphatic carbocycles. The average Bonchev–Trinajstić information content (AvgIpc) is 2.70. The third kappa shape index (κ3) is 2.42. The fourth-order valence-electron chi connectivity index (χ4n) is 2.67. The molecule has 0 spiro atoms. The van der Waals surface area contributed by atoms with Crippen molar-refractivity contribution in [1.82, 2.24) is 15.5 Å². The number of hydrogen-bond donors (Lipinski definition) is 2. The van der Waals surface area contributed by atoms with Crippen molar-refractivity contribution in [3.63, 3.8) is 0 Å². The van der Waals surface area contributed by atoms with Crippen molar-refractivity contribution in [2.24, 2.45) is 0 Å². The molecule has 7 nitrogen and oxygen atoms in total. The molecule has 2 N–H and O–H groups in total. The zero-order chi connectivity index (χ0) is 14.2. The van der Waals surface area contributed by atoms with Crippen LogP contribution < -0.4 is 10.6 Å². The largest absolute Gasteiger partial charge is 0.375 e. The summed E-state index contributed by atoms with van der Waals surface area (Å²) in [5, 5.41) is 5.44. The molecule has 0 aromatic rings. The van der Waals surface area contributed by atoms with Crippen molar-refractivity contribution in [2.45, 2.75) is 37.9 Å². The second-order valence-corrected chi connectivity index (χ2v) is 5.45. The van der Waals surface area contributed by atoms with E-state index in [4.69, 9.17) is 4.74 Å². The van der Waals surface area contributed by atoms with Crippen molar-refractivity contribution in [3.8, 4) is 0 Å². The number of piperazine rings is 1. The number of nitrogens with one attached hydrogen (secondary N) is 2. The normalized spacial score (nSPS) is 28.9. The van der Waals surface area contributed by atoms with Crippen molar-refractivity contribution in [2.75, 3.05) is 20.3 Å². The monoisotopic (exact) mass is 269 g/mol. The third-order valence-corrected chi connectivity index (χ3v) is 3.52. The number of methoxy groups -OCH3 is 1. The molecule has 2 aliphatic rings. The number of carbonyl (C=O) groups excluding carboxylic acids is 3. The smallest absolute Gasteiger partial charge is 0.248 e. The molecule has 2 saturated heterocycles. The number of amides is 3. The summed E-state index contributed by atoms with van der Waals surface area (Å²) in [5.41, 5.74) is -0.876. The molecule has 0 saturated carbocycles. The lowest BCUT2D eigenvalue weighted by Crippen LogP contribution is -2.69. The zero-order valence-corrected chi connectivity index (χ0v) is 11.4. The van der Waals surface area contributed by atoms with Crippen LogP contribution in [0.1, 0.15) is 20.3 Å². The van der Waals surface area contributed by atoms with E-state index in [1.165, 1.54) is 7.11 Å². The van der Waals surface area contributed by atoms with Crippen LogP contribution in [0.3, 0.4) is 0 Å². The standard InChI is InChI=1S/C12H19N3O4/c1-12(2)11(18)15-5-4-7(9(15)10(17)14-12)13-8(16)6-19-3/h7,9H,4-6H2,1-3H3,(H,13,16)(H,14,17)/t7-,9-/m0/s1. The van der Waals surface area contributed by atoms with Gasteiger partial charge in [-0.2, -0.15) is 0 Å². The van der Waals surface area contributed by atoms with Crippen LogP contribution in [0.15, 0.2) is 0 Å². The van der Waals surface area contributed by atoms with Gasteiger partial charge in [0.1, 0.15) is 18.2 Å². The molecule has 2 heterocycles. The molecule has 2 fully saturated rings. The van der Waals surface area contributed by atoms with Gasteiger partial charge in [0.25, 0.3) is 0 Å². The van der Waals surface area contributed by atoms with Gasteiger partial charge < -0.3 is 20.3 Å². The van der Waals surface area contributed by atoms with Gasteiger partial charge in [0, 0.05) is 13.7 Å². The van der Waals surface area contributed by atoms with E-state index in [2.05, 4.69) is 10.6 Å². The van der Waals surface area contributed by atoms with Crippen LogP contribution in [0.25, 0.3) is 0 Å². The van der Waals surface area contributed by atoms with Crippen LogP contribution in [-0.4, -0.2) is 60.5 Å². The van der Waals surface area contributed by atoms with Gasteiger partial charge in [-0.3, -0.25) is 14.4 Å². The molecule has 0 aromatic carbocycles. The first kappa shape index (κ1) is 13.8. The Labute approximate surface area is 111 Å². The molecule has 2 rings (SSSR count). The molecule has 106 valence electrons. The summed E-state index contributed by atoms with van der Waals surface area (Å²) >= 11 is 0. The first-order chi connectivity index (χ1) is 8.86. The number of hydrogen-bond acceptors (Lipinski definition) is 4. The highest BCUT2D eigenvalue weighted by Crippen LogP contribution is 2.26. The number of rotatable bonds is 3. The molecule has 0 bridgehead atoms. The number of carbonyl (C=O) groups is 3. The Morgan fingerprint density at radius 3 is 2.84 bits per heavy atom. The Balaban J connectivity index is 2.11. The molecule has 0 aromatic heterocycles. The maximum Gasteiger partial charge on any atom is 0.248 e. The van der Waals surface area contributed by atoms with Gasteiger partial charge in [-0.15, -0.1) is 0 Å². The number of ether oxygens (including phenoxy) is 1. The van der Waals surface area contributed by atoms with Crippen molar-refractivity contribution >= 4 is 17.7 Å². The summed E-state index contributed by atoms with van der Waals surface area (Å²) in [4.78, 5) is 37.4. The molecule has 7 heteroatoms. The van der Waals surface area contributed by atoms with Crippen molar-refractivity contribution in [3.05, 3.63) is 0 Å². The second-order valence-electron chi connectivity index (χ2n) is 5.45. The Hall–Kier alpha value is -1.63. The minimum atomic E-state index is -0.876. The van der Waals surface area contributed by atoms with Gasteiger partial charge in [0.2, 0.25) is 17.7 Å². The molecule has 19 heavy (non-hydrogen) atoms. The Morgan fingerprint density at radius 2 is 2.21 bits per heavy atom. The van der Waals surface area contributed by atoms with Gasteiger partial charge in [0.15, 0.2) is 0 Å². The lowest BCUT2D eigenvalue weighted by atomic mass is 9.96. The predicted octanol–water partition coefficient (Wildman–Crippen LogP) is -1.37. The molecule has 0 radical (unpaired) electrons. The number of fused-ring (bicyclic) bond motifs is 1. The Kier molecular flexibility index (Phi) is 3.49. The van der Waals surface area contributed by atoms with E-state index in [0.717, 1.165) is 0 Å². The quantitative estimate of drug-likeness (QED) is 0.661. The third-order valence-electron chi connectivity index (χ3n) is 3.52. The molecule has 3 amide bonds. The van der Waals surface area contributed by atoms with E-state index in [1.807, 2.05) is 0 Å². The van der Waals surface area contributed by atoms with E-state index in [1.54, 1.807) is 18.7 Å². The lowest BCUT2D eigenvalue weighted by Gasteiger charge is -2.40. The fraction of sp³-hybridized carbons (Fsp3) is 0.750. The van der Waals surface area contributed by atoms with E-state index in [0.29, 0.717) is 13.0 Å². The van der Waals surface area contributed by atoms with Crippen LogP contribution in [0.4, 0.5) is 0 Å². The fourth-order valence-corrected chi connectivity index (χ4v) is 2.67. The van der Waals surface area contributed by atoms with Crippen molar-refractivity contribution in [1.29, 1.82) is 0 Å². The highest BCUT2D eigenvalue weighted by Gasteiger charge is 2.51. The Morgan fingerprint density at radius 1 is 1.53 bits per heavy atom. The summed E-state index contributed by atoms with van der Waals surface area (Å²) in [5.74, 6) is -0.607. The summed E-state index contributed by atoms with van der Waals surface area (Å²) < 4.78 is 4.74. The minimum absolute atomic E-state index is 0.0513. The first-order valence-corrected chi connectivity index (χ1v) is 6.28. The first-order valence-electron chi connectivity index (χ1n) is 6.28. The van der Waals surface area contributed by atoms with Crippen molar-refractivity contribution < 1.29 is 19.1 Å². The van der Waals surface area contributed by atoms with Crippen LogP contribution in [0, 0.1) is 0 Å². The highest BCUT2D eigenvalue weighted by atomic mass is 16.5. The topological polar surface area (TPSA) is 87.7 Å². The van der Waals surface area contributed by atoms with Crippen LogP contribution >= 0.6 is 0 Å². The van der Waals surface area contributed by atoms with E-state index in [-0.39, 0.29) is 30.4 Å². The molecule has 2 atom stereocenters. The highest BCUT2D eigenvalue weighted by molar-refractivity contribution is 6.00. The molecular weight excluding hydrogens is 250 g/mol. The SMILES string of the molecule is COCC(=O)N[C@H]1CCN2C(=O)C(C)(C)NC(=O)[C@H]12. The van der Waals surface area contributed by atoms with Gasteiger partial charge in [-0.1, -0.05) is 0 Å². The van der Waals surface area contributed by atoms with Crippen LogP contribution in [0.2, 0.25) is 0 Å². The molecular formula is C12H19N3O4. The van der Waals surface area contributed by atoms with Gasteiger partial charge in [0.05, 0.1) is 6.04 Å². The summed E-state index contributed by atoms with van der Waals surface area (Å²) in [6.07, 6.45) is 0.579. The number of nitrogens with zero attached hydrogens (tertiary/aromatic N) is 1. The zero-order valence-electron chi connectivity index (χ0n) is 11.4.